The molecule has 0 aliphatic rings. The number of benzene rings is 3. The summed E-state index contributed by atoms with van der Waals surface area (Å²) in [6, 6.07) is 26.4. The highest BCUT2D eigenvalue weighted by Crippen LogP contribution is 2.19. The molecule has 1 N–H and O–H groups in total. The Morgan fingerprint density at radius 3 is 2.11 bits per heavy atom. The van der Waals surface area contributed by atoms with E-state index >= 15 is 0 Å². The Labute approximate surface area is 166 Å². The van der Waals surface area contributed by atoms with Crippen LogP contribution in [0.25, 0.3) is 0 Å². The van der Waals surface area contributed by atoms with E-state index in [2.05, 4.69) is 5.32 Å². The van der Waals surface area contributed by atoms with Crippen LogP contribution in [-0.4, -0.2) is 20.6 Å². The molecular weight excluding hydrogens is 370 g/mol. The lowest BCUT2D eigenvalue weighted by Gasteiger charge is -2.20. The van der Waals surface area contributed by atoms with E-state index in [4.69, 9.17) is 0 Å². The van der Waals surface area contributed by atoms with Gasteiger partial charge in [-0.2, -0.15) is 0 Å². The Bertz CT molecular complexity index is 1030. The van der Waals surface area contributed by atoms with E-state index < -0.39 is 9.84 Å². The summed E-state index contributed by atoms with van der Waals surface area (Å²) in [6.45, 7) is 0. The maximum absolute atomic E-state index is 12.9. The van der Waals surface area contributed by atoms with Gasteiger partial charge in [0.2, 0.25) is 0 Å². The lowest BCUT2D eigenvalue weighted by Crippen LogP contribution is -2.30. The van der Waals surface area contributed by atoms with Crippen molar-refractivity contribution in [1.82, 2.24) is 5.32 Å². The minimum atomic E-state index is -3.16. The Morgan fingerprint density at radius 2 is 1.46 bits per heavy atom. The molecule has 4 nitrogen and oxygen atoms in total. The number of hydrogen-bond donors (Lipinski definition) is 1. The summed E-state index contributed by atoms with van der Waals surface area (Å²) >= 11 is 0. The zero-order chi connectivity index (χ0) is 20.0. The SMILES string of the molecule is CS(=O)(=O)Cc1cccc(C(=O)N[C@@H](Cc2ccccc2)c2ccccc2)c1. The van der Waals surface area contributed by atoms with Gasteiger partial charge in [0.15, 0.2) is 9.84 Å². The topological polar surface area (TPSA) is 63.2 Å². The Balaban J connectivity index is 1.82. The van der Waals surface area contributed by atoms with Crippen LogP contribution >= 0.6 is 0 Å². The molecule has 0 aliphatic heterocycles. The van der Waals surface area contributed by atoms with Crippen LogP contribution in [0.3, 0.4) is 0 Å². The van der Waals surface area contributed by atoms with Crippen molar-refractivity contribution in [2.75, 3.05) is 6.26 Å². The van der Waals surface area contributed by atoms with E-state index in [1.54, 1.807) is 24.3 Å². The number of amides is 1. The second-order valence-electron chi connectivity index (χ2n) is 6.90. The van der Waals surface area contributed by atoms with Crippen molar-refractivity contribution in [2.45, 2.75) is 18.2 Å². The summed E-state index contributed by atoms with van der Waals surface area (Å²) < 4.78 is 23.1. The quantitative estimate of drug-likeness (QED) is 0.661. The van der Waals surface area contributed by atoms with Crippen molar-refractivity contribution in [3.63, 3.8) is 0 Å². The van der Waals surface area contributed by atoms with Crippen molar-refractivity contribution < 1.29 is 13.2 Å². The van der Waals surface area contributed by atoms with Gasteiger partial charge in [-0.1, -0.05) is 72.8 Å². The molecule has 1 atom stereocenters. The second kappa shape index (κ2) is 8.85. The van der Waals surface area contributed by atoms with Gasteiger partial charge in [0.05, 0.1) is 11.8 Å². The largest absolute Gasteiger partial charge is 0.345 e. The fourth-order valence-electron chi connectivity index (χ4n) is 3.13. The van der Waals surface area contributed by atoms with E-state index in [9.17, 15) is 13.2 Å². The molecule has 0 unspecified atom stereocenters. The smallest absolute Gasteiger partial charge is 0.251 e. The van der Waals surface area contributed by atoms with Crippen molar-refractivity contribution in [1.29, 1.82) is 0 Å². The molecule has 0 heterocycles. The van der Waals surface area contributed by atoms with E-state index in [0.717, 1.165) is 11.1 Å². The molecule has 0 radical (unpaired) electrons. The van der Waals surface area contributed by atoms with Crippen LogP contribution in [0.5, 0.6) is 0 Å². The fraction of sp³-hybridized carbons (Fsp3) is 0.174. The summed E-state index contributed by atoms with van der Waals surface area (Å²) in [7, 11) is -3.16. The van der Waals surface area contributed by atoms with Crippen molar-refractivity contribution in [3.05, 3.63) is 107 Å². The van der Waals surface area contributed by atoms with Crippen molar-refractivity contribution >= 4 is 15.7 Å². The minimum absolute atomic E-state index is 0.0831. The van der Waals surface area contributed by atoms with E-state index in [0.29, 0.717) is 17.5 Å². The molecule has 3 aromatic carbocycles. The van der Waals surface area contributed by atoms with Crippen LogP contribution in [0, 0.1) is 0 Å². The lowest BCUT2D eigenvalue weighted by molar-refractivity contribution is 0.0936. The third kappa shape index (κ3) is 5.79. The minimum Gasteiger partial charge on any atom is -0.345 e. The van der Waals surface area contributed by atoms with Gasteiger partial charge in [-0.3, -0.25) is 4.79 Å². The molecule has 0 fully saturated rings. The molecule has 0 saturated heterocycles. The highest BCUT2D eigenvalue weighted by atomic mass is 32.2. The molecule has 0 aromatic heterocycles. The summed E-state index contributed by atoms with van der Waals surface area (Å²) in [5, 5.41) is 3.10. The van der Waals surface area contributed by atoms with Crippen LogP contribution in [0.4, 0.5) is 0 Å². The first kappa shape index (κ1) is 19.8. The maximum Gasteiger partial charge on any atom is 0.251 e. The van der Waals surface area contributed by atoms with E-state index in [1.807, 2.05) is 60.7 Å². The number of rotatable bonds is 7. The fourth-order valence-corrected chi connectivity index (χ4v) is 3.92. The maximum atomic E-state index is 12.9. The van der Waals surface area contributed by atoms with Crippen molar-refractivity contribution in [2.24, 2.45) is 0 Å². The monoisotopic (exact) mass is 393 g/mol. The third-order valence-electron chi connectivity index (χ3n) is 4.41. The van der Waals surface area contributed by atoms with Crippen LogP contribution in [0.15, 0.2) is 84.9 Å². The molecule has 5 heteroatoms. The molecule has 0 bridgehead atoms. The number of hydrogen-bond acceptors (Lipinski definition) is 3. The van der Waals surface area contributed by atoms with E-state index in [-0.39, 0.29) is 17.7 Å². The van der Waals surface area contributed by atoms with Gasteiger partial charge < -0.3 is 5.32 Å². The van der Waals surface area contributed by atoms with Crippen LogP contribution in [-0.2, 0) is 22.0 Å². The van der Waals surface area contributed by atoms with Gasteiger partial charge >= 0.3 is 0 Å². The molecular formula is C23H23NO3S. The van der Waals surface area contributed by atoms with Gasteiger partial charge in [0.25, 0.3) is 5.91 Å². The number of carbonyl (C=O) groups excluding carboxylic acids is 1. The molecule has 0 spiro atoms. The standard InChI is InChI=1S/C23H23NO3S/c1-28(26,27)17-19-11-8-14-21(15-19)23(25)24-22(20-12-6-3-7-13-20)16-18-9-4-2-5-10-18/h2-15,22H,16-17H2,1H3,(H,24,25)/t22-/m0/s1. The third-order valence-corrected chi connectivity index (χ3v) is 5.27. The summed E-state index contributed by atoms with van der Waals surface area (Å²) in [5.41, 5.74) is 3.21. The zero-order valence-corrected chi connectivity index (χ0v) is 16.5. The van der Waals surface area contributed by atoms with Gasteiger partial charge in [-0.15, -0.1) is 0 Å². The second-order valence-corrected chi connectivity index (χ2v) is 9.04. The molecule has 0 saturated carbocycles. The van der Waals surface area contributed by atoms with Crippen molar-refractivity contribution in [3.8, 4) is 0 Å². The molecule has 1 amide bonds. The average molecular weight is 394 g/mol. The average Bonchev–Trinajstić information content (AvgIpc) is 2.68. The van der Waals surface area contributed by atoms with Crippen LogP contribution < -0.4 is 5.32 Å². The normalized spacial score (nSPS) is 12.3. The molecule has 3 rings (SSSR count). The summed E-state index contributed by atoms with van der Waals surface area (Å²) in [5.74, 6) is -0.305. The number of sulfone groups is 1. The lowest BCUT2D eigenvalue weighted by atomic mass is 9.98. The first-order valence-electron chi connectivity index (χ1n) is 9.07. The molecule has 144 valence electrons. The van der Waals surface area contributed by atoms with Crippen LogP contribution in [0.2, 0.25) is 0 Å². The number of nitrogens with one attached hydrogen (secondary N) is 1. The Kier molecular flexibility index (Phi) is 6.26. The Morgan fingerprint density at radius 1 is 0.857 bits per heavy atom. The molecule has 0 aliphatic carbocycles. The summed E-state index contributed by atoms with van der Waals surface area (Å²) in [6.07, 6.45) is 1.85. The molecule has 28 heavy (non-hydrogen) atoms. The highest BCUT2D eigenvalue weighted by Gasteiger charge is 2.17. The first-order chi connectivity index (χ1) is 13.4. The highest BCUT2D eigenvalue weighted by molar-refractivity contribution is 7.89. The molecule has 3 aromatic rings. The Hall–Kier alpha value is -2.92. The van der Waals surface area contributed by atoms with E-state index in [1.165, 1.54) is 6.26 Å². The number of carbonyl (C=O) groups is 1. The van der Waals surface area contributed by atoms with Crippen LogP contribution in [0.1, 0.15) is 33.1 Å². The first-order valence-corrected chi connectivity index (χ1v) is 11.1. The predicted molar refractivity (Wildman–Crippen MR) is 112 cm³/mol. The summed E-state index contributed by atoms with van der Waals surface area (Å²) in [4.78, 5) is 12.9. The van der Waals surface area contributed by atoms with Gasteiger partial charge in [-0.05, 0) is 35.2 Å². The van der Waals surface area contributed by atoms with Gasteiger partial charge in [0.1, 0.15) is 0 Å². The zero-order valence-electron chi connectivity index (χ0n) is 15.7. The predicted octanol–water partition coefficient (Wildman–Crippen LogP) is 3.95. The van der Waals surface area contributed by atoms with Gasteiger partial charge in [-0.25, -0.2) is 8.42 Å². The van der Waals surface area contributed by atoms with Gasteiger partial charge in [0, 0.05) is 11.8 Å².